The van der Waals surface area contributed by atoms with Gasteiger partial charge in [-0.05, 0) is 18.8 Å². The maximum absolute atomic E-state index is 12.3. The maximum Gasteiger partial charge on any atom is 0.253 e. The lowest BCUT2D eigenvalue weighted by molar-refractivity contribution is -0.146. The first-order chi connectivity index (χ1) is 11.1. The largest absolute Gasteiger partial charge is 0.377 e. The van der Waals surface area contributed by atoms with Gasteiger partial charge in [0.25, 0.3) is 5.91 Å². The second-order valence-electron chi connectivity index (χ2n) is 7.05. The third-order valence-corrected chi connectivity index (χ3v) is 4.89. The van der Waals surface area contributed by atoms with E-state index in [2.05, 4.69) is 10.00 Å². The Morgan fingerprint density at radius 1 is 1.39 bits per heavy atom. The average molecular weight is 320 g/mol. The van der Waals surface area contributed by atoms with E-state index >= 15 is 0 Å². The number of amides is 1. The van der Waals surface area contributed by atoms with Crippen molar-refractivity contribution in [1.29, 1.82) is 0 Å². The molecule has 1 aromatic heterocycles. The van der Waals surface area contributed by atoms with Crippen LogP contribution in [0.5, 0.6) is 0 Å². The van der Waals surface area contributed by atoms with Crippen LogP contribution in [0.15, 0.2) is 12.4 Å². The summed E-state index contributed by atoms with van der Waals surface area (Å²) in [6.45, 7) is 4.80. The molecule has 1 aromatic rings. The molecule has 23 heavy (non-hydrogen) atoms. The molecule has 0 N–H and O–H groups in total. The molecule has 2 saturated heterocycles. The molecule has 0 radical (unpaired) electrons. The van der Waals surface area contributed by atoms with Gasteiger partial charge in [-0.1, -0.05) is 0 Å². The highest BCUT2D eigenvalue weighted by atomic mass is 16.6. The van der Waals surface area contributed by atoms with Crippen LogP contribution in [0.4, 0.5) is 5.69 Å². The molecule has 1 saturated carbocycles. The summed E-state index contributed by atoms with van der Waals surface area (Å²) < 4.78 is 13.5. The minimum Gasteiger partial charge on any atom is -0.377 e. The standard InChI is InChI=1S/C16H24N4O3/c1-18-8-14(6-17-18)20-11-16(23-9-15(20)21)10-19(4-5-22-12-16)7-13-2-3-13/h6,8,13H,2-5,7,9-12H2,1H3/t16-/m1/s1. The summed E-state index contributed by atoms with van der Waals surface area (Å²) in [6.07, 6.45) is 6.28. The first-order valence-electron chi connectivity index (χ1n) is 8.37. The van der Waals surface area contributed by atoms with Gasteiger partial charge in [-0.25, -0.2) is 0 Å². The highest BCUT2D eigenvalue weighted by Crippen LogP contribution is 2.32. The van der Waals surface area contributed by atoms with E-state index < -0.39 is 5.60 Å². The van der Waals surface area contributed by atoms with Gasteiger partial charge in [0.1, 0.15) is 12.2 Å². The summed E-state index contributed by atoms with van der Waals surface area (Å²) in [5, 5.41) is 4.18. The van der Waals surface area contributed by atoms with Crippen molar-refractivity contribution < 1.29 is 14.3 Å². The summed E-state index contributed by atoms with van der Waals surface area (Å²) in [5.74, 6) is 0.825. The first-order valence-corrected chi connectivity index (χ1v) is 8.37. The van der Waals surface area contributed by atoms with Crippen LogP contribution in [-0.2, 0) is 21.3 Å². The second kappa shape index (κ2) is 5.89. The van der Waals surface area contributed by atoms with Gasteiger partial charge < -0.3 is 14.4 Å². The Kier molecular flexibility index (Phi) is 3.87. The fourth-order valence-corrected chi connectivity index (χ4v) is 3.49. The molecule has 0 aromatic carbocycles. The molecule has 0 unspecified atom stereocenters. The van der Waals surface area contributed by atoms with Gasteiger partial charge in [-0.15, -0.1) is 0 Å². The van der Waals surface area contributed by atoms with Crippen LogP contribution in [0.2, 0.25) is 0 Å². The number of carbonyl (C=O) groups excluding carboxylic acids is 1. The molecule has 1 amide bonds. The van der Waals surface area contributed by atoms with Crippen molar-refractivity contribution in [3.05, 3.63) is 12.4 Å². The second-order valence-corrected chi connectivity index (χ2v) is 7.05. The molecule has 1 atom stereocenters. The highest BCUT2D eigenvalue weighted by Gasteiger charge is 2.44. The number of hydrogen-bond donors (Lipinski definition) is 0. The molecule has 7 nitrogen and oxygen atoms in total. The van der Waals surface area contributed by atoms with Crippen LogP contribution in [0.3, 0.4) is 0 Å². The van der Waals surface area contributed by atoms with E-state index in [4.69, 9.17) is 9.47 Å². The number of ether oxygens (including phenoxy) is 2. The Morgan fingerprint density at radius 3 is 3.00 bits per heavy atom. The smallest absolute Gasteiger partial charge is 0.253 e. The van der Waals surface area contributed by atoms with Gasteiger partial charge in [0.05, 0.1) is 31.6 Å². The highest BCUT2D eigenvalue weighted by molar-refractivity contribution is 5.94. The SMILES string of the molecule is Cn1cc(N2C[C@]3(COCCN(CC4CC4)C3)OCC2=O)cn1. The van der Waals surface area contributed by atoms with E-state index in [9.17, 15) is 4.79 Å². The molecular weight excluding hydrogens is 296 g/mol. The van der Waals surface area contributed by atoms with E-state index in [1.807, 2.05) is 13.2 Å². The minimum absolute atomic E-state index is 0.0124. The molecule has 0 bridgehead atoms. The van der Waals surface area contributed by atoms with Crippen molar-refractivity contribution in [2.24, 2.45) is 13.0 Å². The Bertz CT molecular complexity index is 586. The van der Waals surface area contributed by atoms with Crippen molar-refractivity contribution in [3.8, 4) is 0 Å². The summed E-state index contributed by atoms with van der Waals surface area (Å²) in [7, 11) is 1.86. The zero-order valence-corrected chi connectivity index (χ0v) is 13.6. The van der Waals surface area contributed by atoms with Crippen LogP contribution < -0.4 is 4.90 Å². The van der Waals surface area contributed by atoms with Crippen LogP contribution in [-0.4, -0.2) is 72.2 Å². The summed E-state index contributed by atoms with van der Waals surface area (Å²) >= 11 is 0. The van der Waals surface area contributed by atoms with Crippen molar-refractivity contribution >= 4 is 11.6 Å². The monoisotopic (exact) mass is 320 g/mol. The zero-order valence-electron chi connectivity index (χ0n) is 13.6. The first kappa shape index (κ1) is 15.1. The lowest BCUT2D eigenvalue weighted by atomic mass is 10.0. The third kappa shape index (κ3) is 3.27. The zero-order chi connectivity index (χ0) is 15.9. The Hall–Kier alpha value is -1.44. The Balaban J connectivity index is 1.52. The van der Waals surface area contributed by atoms with Gasteiger partial charge in [0.2, 0.25) is 0 Å². The van der Waals surface area contributed by atoms with Gasteiger partial charge in [-0.2, -0.15) is 5.10 Å². The van der Waals surface area contributed by atoms with Crippen molar-refractivity contribution in [2.75, 3.05) is 50.9 Å². The topological polar surface area (TPSA) is 59.8 Å². The van der Waals surface area contributed by atoms with Gasteiger partial charge in [0, 0.05) is 32.9 Å². The van der Waals surface area contributed by atoms with Crippen molar-refractivity contribution in [1.82, 2.24) is 14.7 Å². The summed E-state index contributed by atoms with van der Waals surface area (Å²) in [4.78, 5) is 16.5. The predicted octanol–water partition coefficient (Wildman–Crippen LogP) is 0.264. The molecule has 1 spiro atoms. The number of anilines is 1. The molecule has 4 rings (SSSR count). The number of nitrogens with zero attached hydrogens (tertiary/aromatic N) is 4. The van der Waals surface area contributed by atoms with E-state index in [0.717, 1.165) is 37.8 Å². The number of carbonyl (C=O) groups is 1. The molecule has 3 aliphatic rings. The molecule has 3 fully saturated rings. The molecular formula is C16H24N4O3. The summed E-state index contributed by atoms with van der Waals surface area (Å²) in [6, 6.07) is 0. The van der Waals surface area contributed by atoms with Gasteiger partial charge >= 0.3 is 0 Å². The molecule has 1 aliphatic carbocycles. The average Bonchev–Trinajstić information content (AvgIpc) is 3.28. The van der Waals surface area contributed by atoms with Gasteiger partial charge in [-0.3, -0.25) is 14.4 Å². The molecule has 2 aliphatic heterocycles. The van der Waals surface area contributed by atoms with E-state index in [1.165, 1.54) is 12.8 Å². The molecule has 7 heteroatoms. The minimum atomic E-state index is -0.435. The van der Waals surface area contributed by atoms with E-state index in [-0.39, 0.29) is 12.5 Å². The van der Waals surface area contributed by atoms with Crippen molar-refractivity contribution in [2.45, 2.75) is 18.4 Å². The van der Waals surface area contributed by atoms with Crippen molar-refractivity contribution in [3.63, 3.8) is 0 Å². The summed E-state index contributed by atoms with van der Waals surface area (Å²) in [5.41, 5.74) is 0.396. The molecule has 126 valence electrons. The fourth-order valence-electron chi connectivity index (χ4n) is 3.49. The number of hydrogen-bond acceptors (Lipinski definition) is 5. The fraction of sp³-hybridized carbons (Fsp3) is 0.750. The van der Waals surface area contributed by atoms with E-state index in [0.29, 0.717) is 13.2 Å². The van der Waals surface area contributed by atoms with Gasteiger partial charge in [0.15, 0.2) is 0 Å². The van der Waals surface area contributed by atoms with E-state index in [1.54, 1.807) is 15.8 Å². The number of aromatic nitrogens is 2. The Morgan fingerprint density at radius 2 is 2.26 bits per heavy atom. The third-order valence-electron chi connectivity index (χ3n) is 4.89. The quantitative estimate of drug-likeness (QED) is 0.800. The van der Waals surface area contributed by atoms with Crippen LogP contribution in [0, 0.1) is 5.92 Å². The normalized spacial score (nSPS) is 30.0. The lowest BCUT2D eigenvalue weighted by Crippen LogP contribution is -2.61. The predicted molar refractivity (Wildman–Crippen MR) is 84.2 cm³/mol. The number of morpholine rings is 1. The Labute approximate surface area is 136 Å². The number of aryl methyl sites for hydroxylation is 1. The van der Waals surface area contributed by atoms with Crippen LogP contribution in [0.25, 0.3) is 0 Å². The van der Waals surface area contributed by atoms with Crippen LogP contribution in [0.1, 0.15) is 12.8 Å². The number of rotatable bonds is 3. The van der Waals surface area contributed by atoms with Crippen LogP contribution >= 0.6 is 0 Å². The maximum atomic E-state index is 12.3. The lowest BCUT2D eigenvalue weighted by Gasteiger charge is -2.42. The molecule has 3 heterocycles.